The molecule has 114 valence electrons. The summed E-state index contributed by atoms with van der Waals surface area (Å²) in [6, 6.07) is 0. The minimum Gasteiger partial charge on any atom is -0.481 e. The van der Waals surface area contributed by atoms with Crippen molar-refractivity contribution in [2.75, 3.05) is 39.9 Å². The first-order chi connectivity index (χ1) is 9.59. The van der Waals surface area contributed by atoms with E-state index in [4.69, 9.17) is 9.84 Å². The molecule has 0 aromatic rings. The van der Waals surface area contributed by atoms with Crippen LogP contribution in [0.5, 0.6) is 0 Å². The predicted molar refractivity (Wildman–Crippen MR) is 73.4 cm³/mol. The highest BCUT2D eigenvalue weighted by Gasteiger charge is 2.43. The maximum atomic E-state index is 12.9. The molecule has 2 aliphatic heterocycles. The molecule has 0 saturated carbocycles. The van der Waals surface area contributed by atoms with Crippen LogP contribution in [0, 0.1) is 11.3 Å². The Balaban J connectivity index is 2.08. The number of methoxy groups -OCH3 is 1. The first-order valence-electron chi connectivity index (χ1n) is 7.31. The molecular weight excluding hydrogens is 260 g/mol. The Labute approximate surface area is 119 Å². The molecule has 6 nitrogen and oxygen atoms in total. The number of carbonyl (C=O) groups is 2. The van der Waals surface area contributed by atoms with Crippen molar-refractivity contribution in [3.8, 4) is 0 Å². The summed E-state index contributed by atoms with van der Waals surface area (Å²) < 4.78 is 5.28. The van der Waals surface area contributed by atoms with Crippen molar-refractivity contribution in [2.45, 2.75) is 25.7 Å². The van der Waals surface area contributed by atoms with Gasteiger partial charge in [0, 0.05) is 20.2 Å². The number of hydrogen-bond donors (Lipinski definition) is 2. The number of carboxylic acid groups (broad SMARTS) is 1. The molecule has 0 aromatic heterocycles. The zero-order valence-corrected chi connectivity index (χ0v) is 12.1. The Morgan fingerprint density at radius 2 is 2.10 bits per heavy atom. The Bertz CT molecular complexity index is 361. The molecule has 20 heavy (non-hydrogen) atoms. The van der Waals surface area contributed by atoms with E-state index in [1.165, 1.54) is 0 Å². The predicted octanol–water partition coefficient (Wildman–Crippen LogP) is 0.326. The molecule has 2 aliphatic rings. The first kappa shape index (κ1) is 15.3. The molecule has 0 unspecified atom stereocenters. The van der Waals surface area contributed by atoms with E-state index in [0.717, 1.165) is 32.4 Å². The zero-order chi connectivity index (χ0) is 14.6. The third kappa shape index (κ3) is 3.12. The Kier molecular flexibility index (Phi) is 4.99. The smallest absolute Gasteiger partial charge is 0.308 e. The van der Waals surface area contributed by atoms with Gasteiger partial charge in [-0.1, -0.05) is 0 Å². The maximum Gasteiger partial charge on any atom is 0.308 e. The van der Waals surface area contributed by atoms with Crippen molar-refractivity contribution in [3.63, 3.8) is 0 Å². The molecule has 0 spiro atoms. The number of nitrogens with zero attached hydrogens (tertiary/aromatic N) is 1. The van der Waals surface area contributed by atoms with E-state index < -0.39 is 17.3 Å². The zero-order valence-electron chi connectivity index (χ0n) is 12.1. The van der Waals surface area contributed by atoms with Gasteiger partial charge in [-0.15, -0.1) is 0 Å². The molecule has 6 heteroatoms. The number of likely N-dealkylation sites (tertiary alicyclic amines) is 1. The summed E-state index contributed by atoms with van der Waals surface area (Å²) in [6.45, 7) is 3.05. The molecular formula is C14H24N2O4. The minimum absolute atomic E-state index is 0.0757. The second-order valence-electron chi connectivity index (χ2n) is 5.89. The van der Waals surface area contributed by atoms with Gasteiger partial charge in [-0.3, -0.25) is 9.59 Å². The highest BCUT2D eigenvalue weighted by molar-refractivity contribution is 5.84. The molecule has 1 atom stereocenters. The molecule has 0 radical (unpaired) electrons. The number of amides is 1. The van der Waals surface area contributed by atoms with Crippen LogP contribution >= 0.6 is 0 Å². The Morgan fingerprint density at radius 3 is 2.70 bits per heavy atom. The summed E-state index contributed by atoms with van der Waals surface area (Å²) in [7, 11) is 1.62. The highest BCUT2D eigenvalue weighted by atomic mass is 16.5. The summed E-state index contributed by atoms with van der Waals surface area (Å²) in [5.74, 6) is -1.14. The topological polar surface area (TPSA) is 78.9 Å². The van der Waals surface area contributed by atoms with Crippen LogP contribution in [-0.2, 0) is 14.3 Å². The second-order valence-corrected chi connectivity index (χ2v) is 5.89. The van der Waals surface area contributed by atoms with Crippen LogP contribution in [0.1, 0.15) is 25.7 Å². The van der Waals surface area contributed by atoms with Gasteiger partial charge in [-0.2, -0.15) is 0 Å². The van der Waals surface area contributed by atoms with Crippen molar-refractivity contribution in [2.24, 2.45) is 11.3 Å². The summed E-state index contributed by atoms with van der Waals surface area (Å²) in [5.41, 5.74) is -0.472. The molecule has 1 amide bonds. The van der Waals surface area contributed by atoms with Crippen LogP contribution in [0.3, 0.4) is 0 Å². The summed E-state index contributed by atoms with van der Waals surface area (Å²) in [5, 5.41) is 12.4. The fraction of sp³-hybridized carbons (Fsp3) is 0.857. The van der Waals surface area contributed by atoms with Crippen molar-refractivity contribution >= 4 is 11.9 Å². The van der Waals surface area contributed by atoms with Crippen LogP contribution in [0.15, 0.2) is 0 Å². The number of nitrogens with one attached hydrogen (secondary N) is 1. The van der Waals surface area contributed by atoms with Gasteiger partial charge in [-0.25, -0.2) is 0 Å². The van der Waals surface area contributed by atoms with Gasteiger partial charge >= 0.3 is 5.97 Å². The SMILES string of the molecule is COCC1(C(=O)N2CCC[C@H](C(=O)O)C2)CCNCC1. The fourth-order valence-electron chi connectivity index (χ4n) is 3.30. The number of hydrogen-bond acceptors (Lipinski definition) is 4. The lowest BCUT2D eigenvalue weighted by Crippen LogP contribution is -2.54. The molecule has 0 aliphatic carbocycles. The standard InChI is InChI=1S/C14H24N2O4/c1-20-10-14(4-6-15-7-5-14)13(19)16-8-2-3-11(9-16)12(17)18/h11,15H,2-10H2,1H3,(H,17,18)/t11-/m0/s1. The van der Waals surface area contributed by atoms with E-state index >= 15 is 0 Å². The number of carboxylic acids is 1. The van der Waals surface area contributed by atoms with E-state index in [1.54, 1.807) is 12.0 Å². The minimum atomic E-state index is -0.798. The number of rotatable bonds is 4. The van der Waals surface area contributed by atoms with E-state index in [1.807, 2.05) is 0 Å². The van der Waals surface area contributed by atoms with Crippen molar-refractivity contribution in [1.29, 1.82) is 0 Å². The van der Waals surface area contributed by atoms with Gasteiger partial charge in [0.15, 0.2) is 0 Å². The molecule has 2 N–H and O–H groups in total. The first-order valence-corrected chi connectivity index (χ1v) is 7.31. The third-order valence-corrected chi connectivity index (χ3v) is 4.49. The van der Waals surface area contributed by atoms with Crippen molar-refractivity contribution in [1.82, 2.24) is 10.2 Å². The monoisotopic (exact) mass is 284 g/mol. The summed E-state index contributed by atoms with van der Waals surface area (Å²) >= 11 is 0. The fourth-order valence-corrected chi connectivity index (χ4v) is 3.30. The van der Waals surface area contributed by atoms with E-state index in [0.29, 0.717) is 26.1 Å². The average molecular weight is 284 g/mol. The van der Waals surface area contributed by atoms with Crippen LogP contribution in [0.25, 0.3) is 0 Å². The van der Waals surface area contributed by atoms with Gasteiger partial charge < -0.3 is 20.1 Å². The normalized spacial score (nSPS) is 26.2. The van der Waals surface area contributed by atoms with Gasteiger partial charge in [0.2, 0.25) is 5.91 Å². The molecule has 2 fully saturated rings. The molecule has 0 bridgehead atoms. The highest BCUT2D eigenvalue weighted by Crippen LogP contribution is 2.33. The Hall–Kier alpha value is -1.14. The largest absolute Gasteiger partial charge is 0.481 e. The quantitative estimate of drug-likeness (QED) is 0.777. The number of ether oxygens (including phenoxy) is 1. The molecule has 2 saturated heterocycles. The lowest BCUT2D eigenvalue weighted by atomic mass is 9.77. The average Bonchev–Trinajstić information content (AvgIpc) is 2.48. The lowest BCUT2D eigenvalue weighted by Gasteiger charge is -2.41. The van der Waals surface area contributed by atoms with E-state index in [-0.39, 0.29) is 5.91 Å². The van der Waals surface area contributed by atoms with Crippen LogP contribution in [0.4, 0.5) is 0 Å². The van der Waals surface area contributed by atoms with Crippen LogP contribution < -0.4 is 5.32 Å². The molecule has 2 rings (SSSR count). The number of carbonyl (C=O) groups excluding carboxylic acids is 1. The molecule has 0 aromatic carbocycles. The Morgan fingerprint density at radius 1 is 1.40 bits per heavy atom. The van der Waals surface area contributed by atoms with Gasteiger partial charge in [0.05, 0.1) is 17.9 Å². The second kappa shape index (κ2) is 6.54. The van der Waals surface area contributed by atoms with Crippen LogP contribution in [0.2, 0.25) is 0 Å². The van der Waals surface area contributed by atoms with Gasteiger partial charge in [0.25, 0.3) is 0 Å². The van der Waals surface area contributed by atoms with Crippen LogP contribution in [-0.4, -0.2) is 61.8 Å². The number of aliphatic carboxylic acids is 1. The van der Waals surface area contributed by atoms with Crippen molar-refractivity contribution < 1.29 is 19.4 Å². The van der Waals surface area contributed by atoms with Gasteiger partial charge in [-0.05, 0) is 38.8 Å². The summed E-state index contributed by atoms with van der Waals surface area (Å²) in [4.78, 5) is 25.7. The lowest BCUT2D eigenvalue weighted by molar-refractivity contribution is -0.153. The maximum absolute atomic E-state index is 12.9. The molecule has 2 heterocycles. The van der Waals surface area contributed by atoms with Crippen molar-refractivity contribution in [3.05, 3.63) is 0 Å². The number of piperidine rings is 2. The van der Waals surface area contributed by atoms with E-state index in [2.05, 4.69) is 5.32 Å². The third-order valence-electron chi connectivity index (χ3n) is 4.49. The van der Waals surface area contributed by atoms with E-state index in [9.17, 15) is 9.59 Å². The van der Waals surface area contributed by atoms with Gasteiger partial charge in [0.1, 0.15) is 0 Å². The summed E-state index contributed by atoms with van der Waals surface area (Å²) in [6.07, 6.45) is 2.95.